The quantitative estimate of drug-likeness (QED) is 0.233. The minimum atomic E-state index is -0.796. The van der Waals surface area contributed by atoms with Gasteiger partial charge >= 0.3 is 0 Å². The monoisotopic (exact) mass is 454 g/mol. The molecular weight excluding hydrogens is 428 g/mol. The van der Waals surface area contributed by atoms with Crippen molar-refractivity contribution >= 4 is 17.2 Å². The fourth-order valence-corrected chi connectivity index (χ4v) is 4.08. The zero-order valence-corrected chi connectivity index (χ0v) is 19.1. The fraction of sp³-hybridized carbons (Fsp3) is 0.250. The molecule has 1 heterocycles. The molecule has 0 aliphatic carbocycles. The highest BCUT2D eigenvalue weighted by molar-refractivity contribution is 7.13. The third-order valence-electron chi connectivity index (χ3n) is 4.62. The smallest absolute Gasteiger partial charge is 0.278 e. The molecule has 0 spiro atoms. The van der Waals surface area contributed by atoms with E-state index < -0.39 is 5.91 Å². The highest BCUT2D eigenvalue weighted by Gasteiger charge is 2.19. The minimum absolute atomic E-state index is 0.0319. The van der Waals surface area contributed by atoms with E-state index in [1.165, 1.54) is 17.4 Å². The summed E-state index contributed by atoms with van der Waals surface area (Å²) in [6.07, 6.45) is 0.388. The molecule has 1 amide bonds. The van der Waals surface area contributed by atoms with E-state index >= 15 is 0 Å². The zero-order chi connectivity index (χ0) is 23.3. The second-order valence-corrected chi connectivity index (χ2v) is 8.03. The second kappa shape index (κ2) is 10.3. The van der Waals surface area contributed by atoms with Gasteiger partial charge in [-0.05, 0) is 63.1 Å². The molecule has 7 nitrogen and oxygen atoms in total. The number of aromatic nitrogens is 1. The maximum absolute atomic E-state index is 12.1. The number of allylic oxidation sites excluding steroid dienone is 1. The molecule has 0 aliphatic heterocycles. The van der Waals surface area contributed by atoms with Gasteiger partial charge in [0.2, 0.25) is 0 Å². The number of phenolic OH excluding ortho intramolecular Hbond substituents is 1. The lowest BCUT2D eigenvalue weighted by Crippen LogP contribution is -2.19. The van der Waals surface area contributed by atoms with Crippen molar-refractivity contribution in [2.75, 3.05) is 13.2 Å². The van der Waals surface area contributed by atoms with Gasteiger partial charge in [-0.15, -0.1) is 11.3 Å². The molecule has 0 aliphatic rings. The molecule has 0 bridgehead atoms. The van der Waals surface area contributed by atoms with E-state index in [9.17, 15) is 9.90 Å². The van der Waals surface area contributed by atoms with Crippen molar-refractivity contribution in [1.82, 2.24) is 10.5 Å². The van der Waals surface area contributed by atoms with Gasteiger partial charge in [0.15, 0.2) is 11.5 Å². The van der Waals surface area contributed by atoms with Crippen molar-refractivity contribution < 1.29 is 24.6 Å². The maximum Gasteiger partial charge on any atom is 0.278 e. The number of hydroxylamine groups is 1. The van der Waals surface area contributed by atoms with Crippen LogP contribution in [0.3, 0.4) is 0 Å². The van der Waals surface area contributed by atoms with Gasteiger partial charge in [-0.1, -0.05) is 12.2 Å². The molecule has 3 rings (SSSR count). The number of hydrogen-bond donors (Lipinski definition) is 3. The molecular formula is C24H26N2O5S. The van der Waals surface area contributed by atoms with Crippen molar-refractivity contribution in [2.24, 2.45) is 0 Å². The Balaban J connectivity index is 2.03. The van der Waals surface area contributed by atoms with Gasteiger partial charge in [0, 0.05) is 16.5 Å². The molecule has 32 heavy (non-hydrogen) atoms. The fourth-order valence-electron chi connectivity index (χ4n) is 3.26. The topological polar surface area (TPSA) is 101 Å². The van der Waals surface area contributed by atoms with E-state index in [0.717, 1.165) is 16.1 Å². The summed E-state index contributed by atoms with van der Waals surface area (Å²) in [5, 5.41) is 22.2. The van der Waals surface area contributed by atoms with Crippen LogP contribution in [0.1, 0.15) is 36.7 Å². The Hall–Kier alpha value is -3.36. The predicted molar refractivity (Wildman–Crippen MR) is 125 cm³/mol. The largest absolute Gasteiger partial charge is 0.507 e. The first-order valence-electron chi connectivity index (χ1n) is 10.2. The standard InChI is InChI=1S/C24H26N2O5S/c1-5-30-20-8-7-15(12-21(20)31-6-2)24-25-19(13-32-24)16-10-17(9-14(3)4)22(27)18(11-16)23(28)26-29/h7-8,10-13,27,29H,3,5-6,9H2,1-2,4H3,(H,26,28). The zero-order valence-electron chi connectivity index (χ0n) is 18.3. The van der Waals surface area contributed by atoms with Gasteiger partial charge < -0.3 is 14.6 Å². The van der Waals surface area contributed by atoms with E-state index in [0.29, 0.717) is 48.0 Å². The van der Waals surface area contributed by atoms with E-state index in [2.05, 4.69) is 6.58 Å². The lowest BCUT2D eigenvalue weighted by Gasteiger charge is -2.12. The molecule has 8 heteroatoms. The van der Waals surface area contributed by atoms with Crippen molar-refractivity contribution in [1.29, 1.82) is 0 Å². The molecule has 0 saturated heterocycles. The minimum Gasteiger partial charge on any atom is -0.507 e. The Morgan fingerprint density at radius 2 is 1.84 bits per heavy atom. The summed E-state index contributed by atoms with van der Waals surface area (Å²) in [5.74, 6) is 0.346. The summed E-state index contributed by atoms with van der Waals surface area (Å²) < 4.78 is 11.3. The summed E-state index contributed by atoms with van der Waals surface area (Å²) in [6, 6.07) is 8.96. The number of carbonyl (C=O) groups excluding carboxylic acids is 1. The summed E-state index contributed by atoms with van der Waals surface area (Å²) in [6.45, 7) is 10.6. The Morgan fingerprint density at radius 1 is 1.12 bits per heavy atom. The summed E-state index contributed by atoms with van der Waals surface area (Å²) in [7, 11) is 0. The third kappa shape index (κ3) is 5.09. The van der Waals surface area contributed by atoms with Crippen LogP contribution in [0.15, 0.2) is 47.9 Å². The van der Waals surface area contributed by atoms with Crippen LogP contribution in [0, 0.1) is 0 Å². The molecule has 0 unspecified atom stereocenters. The number of thiazole rings is 1. The molecule has 1 aromatic heterocycles. The normalized spacial score (nSPS) is 10.6. The van der Waals surface area contributed by atoms with Gasteiger partial charge in [-0.2, -0.15) is 0 Å². The van der Waals surface area contributed by atoms with Gasteiger partial charge in [-0.3, -0.25) is 10.0 Å². The molecule has 2 aromatic carbocycles. The Morgan fingerprint density at radius 3 is 2.50 bits per heavy atom. The van der Waals surface area contributed by atoms with Crippen LogP contribution in [0.25, 0.3) is 21.8 Å². The number of aromatic hydroxyl groups is 1. The van der Waals surface area contributed by atoms with E-state index in [1.54, 1.807) is 11.5 Å². The lowest BCUT2D eigenvalue weighted by atomic mass is 9.98. The number of carbonyl (C=O) groups is 1. The third-order valence-corrected chi connectivity index (χ3v) is 5.51. The average molecular weight is 455 g/mol. The summed E-state index contributed by atoms with van der Waals surface area (Å²) in [5.41, 5.74) is 5.08. The van der Waals surface area contributed by atoms with Gasteiger partial charge in [-0.25, -0.2) is 10.5 Å². The Labute approximate surface area is 190 Å². The van der Waals surface area contributed by atoms with Crippen molar-refractivity contribution in [3.63, 3.8) is 0 Å². The Bertz CT molecular complexity index is 1140. The second-order valence-electron chi connectivity index (χ2n) is 7.17. The lowest BCUT2D eigenvalue weighted by molar-refractivity contribution is 0.0703. The number of phenols is 1. The van der Waals surface area contributed by atoms with Crippen LogP contribution in [0.2, 0.25) is 0 Å². The maximum atomic E-state index is 12.1. The number of amides is 1. The van der Waals surface area contributed by atoms with E-state index in [-0.39, 0.29) is 11.3 Å². The average Bonchev–Trinajstić information content (AvgIpc) is 3.26. The molecule has 3 aromatic rings. The highest BCUT2D eigenvalue weighted by Crippen LogP contribution is 2.37. The molecule has 0 atom stereocenters. The first-order valence-corrected chi connectivity index (χ1v) is 11.1. The summed E-state index contributed by atoms with van der Waals surface area (Å²) in [4.78, 5) is 16.8. The van der Waals surface area contributed by atoms with E-state index in [1.807, 2.05) is 44.4 Å². The molecule has 168 valence electrons. The highest BCUT2D eigenvalue weighted by atomic mass is 32.1. The summed E-state index contributed by atoms with van der Waals surface area (Å²) >= 11 is 1.45. The predicted octanol–water partition coefficient (Wildman–Crippen LogP) is 5.22. The van der Waals surface area contributed by atoms with Crippen molar-refractivity contribution in [3.05, 3.63) is 59.0 Å². The van der Waals surface area contributed by atoms with Crippen LogP contribution >= 0.6 is 11.3 Å². The number of nitrogens with one attached hydrogen (secondary N) is 1. The van der Waals surface area contributed by atoms with Crippen LogP contribution in [-0.2, 0) is 6.42 Å². The van der Waals surface area contributed by atoms with Gasteiger partial charge in [0.1, 0.15) is 10.8 Å². The van der Waals surface area contributed by atoms with Crippen molar-refractivity contribution in [2.45, 2.75) is 27.2 Å². The SMILES string of the molecule is C=C(C)Cc1cc(-c2csc(-c3ccc(OCC)c(OCC)c3)n2)cc(C(=O)NO)c1O. The van der Waals surface area contributed by atoms with Crippen LogP contribution < -0.4 is 15.0 Å². The van der Waals surface area contributed by atoms with E-state index in [4.69, 9.17) is 19.7 Å². The number of rotatable bonds is 9. The van der Waals surface area contributed by atoms with Crippen LogP contribution in [0.5, 0.6) is 17.2 Å². The first-order chi connectivity index (χ1) is 15.4. The number of benzene rings is 2. The van der Waals surface area contributed by atoms with Gasteiger partial charge in [0.05, 0.1) is 24.5 Å². The first kappa shape index (κ1) is 23.3. The number of hydrogen-bond acceptors (Lipinski definition) is 7. The van der Waals surface area contributed by atoms with Crippen LogP contribution in [0.4, 0.5) is 0 Å². The molecule has 0 radical (unpaired) electrons. The number of nitrogens with zero attached hydrogens (tertiary/aromatic N) is 1. The molecule has 0 saturated carbocycles. The van der Waals surface area contributed by atoms with Crippen molar-refractivity contribution in [3.8, 4) is 39.1 Å². The molecule has 0 fully saturated rings. The Kier molecular flexibility index (Phi) is 7.50. The van der Waals surface area contributed by atoms with Crippen LogP contribution in [-0.4, -0.2) is 34.4 Å². The molecule has 3 N–H and O–H groups in total. The van der Waals surface area contributed by atoms with Gasteiger partial charge in [0.25, 0.3) is 5.91 Å². The number of ether oxygens (including phenoxy) is 2.